The summed E-state index contributed by atoms with van der Waals surface area (Å²) in [5, 5.41) is 4.75. The fraction of sp³-hybridized carbons (Fsp3) is 0. The fourth-order valence-electron chi connectivity index (χ4n) is 1.69. The van der Waals surface area contributed by atoms with Gasteiger partial charge < -0.3 is 15.2 Å². The van der Waals surface area contributed by atoms with Gasteiger partial charge in [0.25, 0.3) is 0 Å². The lowest BCUT2D eigenvalue weighted by Crippen LogP contribution is -1.83. The highest BCUT2D eigenvalue weighted by Crippen LogP contribution is 2.31. The van der Waals surface area contributed by atoms with E-state index in [-0.39, 0.29) is 0 Å². The van der Waals surface area contributed by atoms with Crippen LogP contribution < -0.4 is 5.73 Å². The smallest absolute Gasteiger partial charge is 0.205 e. The van der Waals surface area contributed by atoms with Crippen molar-refractivity contribution in [3.8, 4) is 11.5 Å². The van der Waals surface area contributed by atoms with Crippen LogP contribution >= 0.6 is 15.9 Å². The summed E-state index contributed by atoms with van der Waals surface area (Å²) in [6.07, 6.45) is 1.50. The van der Waals surface area contributed by atoms with Gasteiger partial charge in [-0.05, 0) is 18.2 Å². The molecule has 0 spiro atoms. The van der Waals surface area contributed by atoms with Crippen molar-refractivity contribution in [2.45, 2.75) is 0 Å². The van der Waals surface area contributed by atoms with Crippen LogP contribution in [0.2, 0.25) is 0 Å². The molecule has 0 saturated carbocycles. The van der Waals surface area contributed by atoms with Crippen molar-refractivity contribution >= 4 is 32.5 Å². The number of hydrogen-bond acceptors (Lipinski definition) is 3. The lowest BCUT2D eigenvalue weighted by molar-refractivity contribution is 0.431. The molecule has 5 heteroatoms. The molecule has 3 N–H and O–H groups in total. The predicted molar refractivity (Wildman–Crippen MR) is 65.9 cm³/mol. The highest BCUT2D eigenvalue weighted by Gasteiger charge is 2.11. The zero-order chi connectivity index (χ0) is 11.1. The Morgan fingerprint density at radius 1 is 1.38 bits per heavy atom. The number of aromatic amines is 1. The van der Waals surface area contributed by atoms with E-state index >= 15 is 0 Å². The second kappa shape index (κ2) is 3.38. The number of anilines is 1. The summed E-state index contributed by atoms with van der Waals surface area (Å²) >= 11 is 3.49. The van der Waals surface area contributed by atoms with Crippen molar-refractivity contribution < 1.29 is 4.52 Å². The first-order chi connectivity index (χ1) is 7.75. The molecule has 0 fully saturated rings. The van der Waals surface area contributed by atoms with Crippen molar-refractivity contribution in [1.29, 1.82) is 0 Å². The van der Waals surface area contributed by atoms with E-state index in [0.717, 1.165) is 21.1 Å². The molecule has 16 heavy (non-hydrogen) atoms. The Morgan fingerprint density at radius 2 is 2.25 bits per heavy atom. The number of nitrogens with zero attached hydrogens (tertiary/aromatic N) is 1. The van der Waals surface area contributed by atoms with Crippen LogP contribution in [-0.2, 0) is 0 Å². The molecule has 0 radical (unpaired) electrons. The third-order valence-electron chi connectivity index (χ3n) is 2.45. The summed E-state index contributed by atoms with van der Waals surface area (Å²) < 4.78 is 6.13. The van der Waals surface area contributed by atoms with Crippen molar-refractivity contribution in [3.63, 3.8) is 0 Å². The van der Waals surface area contributed by atoms with Crippen LogP contribution in [0.3, 0.4) is 0 Å². The Labute approximate surface area is 99.6 Å². The minimum atomic E-state index is 0.530. The number of fused-ring (bicyclic) bond motifs is 1. The molecule has 1 aromatic carbocycles. The molecular weight excluding hydrogens is 270 g/mol. The number of halogens is 1. The lowest BCUT2D eigenvalue weighted by Gasteiger charge is -1.90. The minimum Gasteiger partial charge on any atom is -0.394 e. The Balaban J connectivity index is 2.27. The van der Waals surface area contributed by atoms with Crippen LogP contribution in [0.15, 0.2) is 39.5 Å². The number of H-pyrrole nitrogens is 1. The van der Waals surface area contributed by atoms with Gasteiger partial charge in [0.2, 0.25) is 5.76 Å². The maximum absolute atomic E-state index is 5.74. The molecule has 3 rings (SSSR count). The zero-order valence-electron chi connectivity index (χ0n) is 8.20. The molecule has 0 saturated heterocycles. The topological polar surface area (TPSA) is 67.8 Å². The second-order valence-corrected chi connectivity index (χ2v) is 4.35. The van der Waals surface area contributed by atoms with Gasteiger partial charge in [0.1, 0.15) is 5.69 Å². The highest BCUT2D eigenvalue weighted by atomic mass is 79.9. The number of aromatic nitrogens is 2. The number of rotatable bonds is 1. The van der Waals surface area contributed by atoms with Gasteiger partial charge in [-0.15, -0.1) is 0 Å². The molecule has 0 unspecified atom stereocenters. The van der Waals surface area contributed by atoms with E-state index in [4.69, 9.17) is 10.3 Å². The van der Waals surface area contributed by atoms with E-state index < -0.39 is 0 Å². The molecule has 0 amide bonds. The van der Waals surface area contributed by atoms with Gasteiger partial charge >= 0.3 is 0 Å². The number of nitrogen functional groups attached to an aromatic ring is 1. The number of benzene rings is 1. The van der Waals surface area contributed by atoms with Gasteiger partial charge in [-0.1, -0.05) is 27.2 Å². The summed E-state index contributed by atoms with van der Waals surface area (Å²) in [6, 6.07) is 7.94. The molecule has 80 valence electrons. The Morgan fingerprint density at radius 3 is 2.94 bits per heavy atom. The molecule has 0 aliphatic rings. The molecule has 0 aliphatic carbocycles. The Kier molecular flexibility index (Phi) is 2.00. The molecule has 3 aromatic rings. The standard InChI is InChI=1S/C11H8BrN3O/c12-7-2-1-3-9-6(7)4-10(15-9)11-8(13)5-14-16-11/h1-5,15H,13H2. The van der Waals surface area contributed by atoms with Crippen molar-refractivity contribution in [2.24, 2.45) is 0 Å². The van der Waals surface area contributed by atoms with Crippen LogP contribution in [0.5, 0.6) is 0 Å². The van der Waals surface area contributed by atoms with Crippen molar-refractivity contribution in [3.05, 3.63) is 34.9 Å². The minimum absolute atomic E-state index is 0.530. The highest BCUT2D eigenvalue weighted by molar-refractivity contribution is 9.10. The monoisotopic (exact) mass is 277 g/mol. The largest absolute Gasteiger partial charge is 0.394 e. The average Bonchev–Trinajstić information content (AvgIpc) is 2.84. The van der Waals surface area contributed by atoms with E-state index in [2.05, 4.69) is 26.1 Å². The van der Waals surface area contributed by atoms with Gasteiger partial charge in [-0.25, -0.2) is 0 Å². The van der Waals surface area contributed by atoms with Crippen LogP contribution in [0.4, 0.5) is 5.69 Å². The van der Waals surface area contributed by atoms with Gasteiger partial charge in [0.15, 0.2) is 0 Å². The maximum Gasteiger partial charge on any atom is 0.205 e. The van der Waals surface area contributed by atoms with Crippen LogP contribution in [0, 0.1) is 0 Å². The Hall–Kier alpha value is -1.75. The average molecular weight is 278 g/mol. The van der Waals surface area contributed by atoms with E-state index in [1.54, 1.807) is 0 Å². The van der Waals surface area contributed by atoms with Crippen LogP contribution in [0.25, 0.3) is 22.4 Å². The fourth-order valence-corrected chi connectivity index (χ4v) is 2.17. The summed E-state index contributed by atoms with van der Waals surface area (Å²) in [5.41, 5.74) is 8.13. The van der Waals surface area contributed by atoms with Gasteiger partial charge in [-0.2, -0.15) is 0 Å². The van der Waals surface area contributed by atoms with Crippen LogP contribution in [0.1, 0.15) is 0 Å². The summed E-state index contributed by atoms with van der Waals surface area (Å²) in [4.78, 5) is 3.24. The van der Waals surface area contributed by atoms with Crippen molar-refractivity contribution in [1.82, 2.24) is 10.1 Å². The summed E-state index contributed by atoms with van der Waals surface area (Å²) in [6.45, 7) is 0. The van der Waals surface area contributed by atoms with Gasteiger partial charge in [0, 0.05) is 15.4 Å². The first-order valence-corrected chi connectivity index (χ1v) is 5.53. The van der Waals surface area contributed by atoms with Crippen LogP contribution in [-0.4, -0.2) is 10.1 Å². The molecule has 2 aromatic heterocycles. The molecule has 2 heterocycles. The Bertz CT molecular complexity index is 656. The first-order valence-electron chi connectivity index (χ1n) is 4.73. The maximum atomic E-state index is 5.74. The normalized spacial score (nSPS) is 11.1. The second-order valence-electron chi connectivity index (χ2n) is 3.49. The van der Waals surface area contributed by atoms with E-state index in [9.17, 15) is 0 Å². The quantitative estimate of drug-likeness (QED) is 0.718. The number of hydrogen-bond donors (Lipinski definition) is 2. The number of nitrogens with one attached hydrogen (secondary N) is 1. The SMILES string of the molecule is Nc1cnoc1-c1cc2c(Br)cccc2[nH]1. The molecular formula is C11H8BrN3O. The summed E-state index contributed by atoms with van der Waals surface area (Å²) in [5.74, 6) is 0.572. The lowest BCUT2D eigenvalue weighted by atomic mass is 10.2. The van der Waals surface area contributed by atoms with E-state index in [1.165, 1.54) is 6.20 Å². The van der Waals surface area contributed by atoms with Gasteiger partial charge in [0.05, 0.1) is 11.9 Å². The van der Waals surface area contributed by atoms with E-state index in [0.29, 0.717) is 11.4 Å². The van der Waals surface area contributed by atoms with Gasteiger partial charge in [-0.3, -0.25) is 0 Å². The molecule has 0 bridgehead atoms. The third-order valence-corrected chi connectivity index (χ3v) is 3.15. The first kappa shape index (κ1) is 9.47. The predicted octanol–water partition coefficient (Wildman–Crippen LogP) is 3.17. The summed E-state index contributed by atoms with van der Waals surface area (Å²) in [7, 11) is 0. The molecule has 0 aliphatic heterocycles. The van der Waals surface area contributed by atoms with Crippen molar-refractivity contribution in [2.75, 3.05) is 5.73 Å². The third kappa shape index (κ3) is 1.32. The molecule has 0 atom stereocenters. The van der Waals surface area contributed by atoms with E-state index in [1.807, 2.05) is 24.3 Å². The number of nitrogens with two attached hydrogens (primary N) is 1. The molecule has 4 nitrogen and oxygen atoms in total. The zero-order valence-corrected chi connectivity index (χ0v) is 9.78.